The first-order chi connectivity index (χ1) is 4.22. The summed E-state index contributed by atoms with van der Waals surface area (Å²) in [6, 6.07) is 1.15. The van der Waals surface area contributed by atoms with E-state index >= 15 is 0 Å². The fourth-order valence-electron chi connectivity index (χ4n) is 0.435. The highest BCUT2D eigenvalue weighted by atomic mass is 127. The molecule has 0 spiro atoms. The van der Waals surface area contributed by atoms with E-state index in [-0.39, 0.29) is 3.70 Å². The van der Waals surface area contributed by atoms with E-state index < -0.39 is 11.2 Å². The Morgan fingerprint density at radius 3 is 2.78 bits per heavy atom. The van der Waals surface area contributed by atoms with Crippen LogP contribution in [0.4, 0.5) is 4.39 Å². The lowest BCUT2D eigenvalue weighted by Gasteiger charge is -1.88. The van der Waals surface area contributed by atoms with Gasteiger partial charge in [0.25, 0.3) is 0 Å². The van der Waals surface area contributed by atoms with Gasteiger partial charge in [0.15, 0.2) is 5.82 Å². The van der Waals surface area contributed by atoms with Gasteiger partial charge in [-0.2, -0.15) is 4.39 Å². The Kier molecular flexibility index (Phi) is 1.84. The van der Waals surface area contributed by atoms with E-state index in [1.54, 1.807) is 22.6 Å². The summed E-state index contributed by atoms with van der Waals surface area (Å²) in [6.07, 6.45) is 1.41. The monoisotopic (exact) mass is 239 g/mol. The van der Waals surface area contributed by atoms with Crippen molar-refractivity contribution >= 4 is 22.6 Å². The molecule has 0 aromatic carbocycles. The molecule has 9 heavy (non-hydrogen) atoms. The van der Waals surface area contributed by atoms with E-state index in [0.29, 0.717) is 0 Å². The lowest BCUT2D eigenvalue weighted by Crippen LogP contribution is -2.06. The third-order valence-electron chi connectivity index (χ3n) is 0.854. The van der Waals surface area contributed by atoms with Crippen LogP contribution < -0.4 is 5.43 Å². The quantitative estimate of drug-likeness (QED) is 0.534. The summed E-state index contributed by atoms with van der Waals surface area (Å²) in [4.78, 5) is 13.0. The van der Waals surface area contributed by atoms with Gasteiger partial charge in [0.05, 0.1) is 0 Å². The van der Waals surface area contributed by atoms with Crippen molar-refractivity contribution in [1.82, 2.24) is 4.98 Å². The minimum absolute atomic E-state index is 0.250. The highest BCUT2D eigenvalue weighted by molar-refractivity contribution is 14.1. The predicted molar refractivity (Wildman–Crippen MR) is 39.7 cm³/mol. The van der Waals surface area contributed by atoms with E-state index in [2.05, 4.69) is 4.98 Å². The highest BCUT2D eigenvalue weighted by Gasteiger charge is 1.99. The molecule has 4 heteroatoms. The van der Waals surface area contributed by atoms with Crippen LogP contribution in [0, 0.1) is 9.52 Å². The van der Waals surface area contributed by atoms with Gasteiger partial charge >= 0.3 is 0 Å². The number of nitrogens with one attached hydrogen (secondary N) is 1. The largest absolute Gasteiger partial charge is 0.354 e. The summed E-state index contributed by atoms with van der Waals surface area (Å²) in [5.41, 5.74) is -0.571. The smallest absolute Gasteiger partial charge is 0.218 e. The molecule has 0 aliphatic rings. The normalized spacial score (nSPS) is 9.56. The molecule has 0 aliphatic carbocycles. The topological polar surface area (TPSA) is 32.9 Å². The Hall–Kier alpha value is -0.390. The zero-order valence-corrected chi connectivity index (χ0v) is 6.48. The molecule has 0 atom stereocenters. The average molecular weight is 239 g/mol. The molecule has 2 nitrogen and oxygen atoms in total. The molecule has 1 aromatic heterocycles. The molecule has 0 saturated heterocycles. The number of hydrogen-bond donors (Lipinski definition) is 1. The van der Waals surface area contributed by atoms with Gasteiger partial charge in [-0.25, -0.2) is 0 Å². The Balaban J connectivity index is 3.43. The van der Waals surface area contributed by atoms with Gasteiger partial charge < -0.3 is 4.98 Å². The number of H-pyrrole nitrogens is 1. The molecule has 48 valence electrons. The minimum atomic E-state index is -0.710. The molecule has 1 rings (SSSR count). The molecule has 1 heterocycles. The minimum Gasteiger partial charge on any atom is -0.354 e. The Bertz CT molecular complexity index is 270. The first-order valence-corrected chi connectivity index (χ1v) is 3.32. The van der Waals surface area contributed by atoms with Crippen molar-refractivity contribution in [3.8, 4) is 0 Å². The second-order valence-electron chi connectivity index (χ2n) is 1.47. The van der Waals surface area contributed by atoms with Crippen LogP contribution in [0.3, 0.4) is 0 Å². The van der Waals surface area contributed by atoms with Crippen molar-refractivity contribution in [2.45, 2.75) is 0 Å². The zero-order valence-electron chi connectivity index (χ0n) is 4.32. The maximum atomic E-state index is 12.4. The molecule has 0 unspecified atom stereocenters. The predicted octanol–water partition coefficient (Wildman–Crippen LogP) is 1.12. The van der Waals surface area contributed by atoms with Crippen molar-refractivity contribution in [2.75, 3.05) is 0 Å². The first-order valence-electron chi connectivity index (χ1n) is 2.24. The Morgan fingerprint density at radius 2 is 2.33 bits per heavy atom. The van der Waals surface area contributed by atoms with E-state index in [9.17, 15) is 9.18 Å². The second kappa shape index (κ2) is 2.47. The summed E-state index contributed by atoms with van der Waals surface area (Å²) in [5, 5.41) is 0. The number of halogens is 2. The molecule has 0 bridgehead atoms. The SMILES string of the molecule is O=c1cc[nH]c(I)c1F. The molecule has 0 radical (unpaired) electrons. The number of aromatic amines is 1. The molecule has 0 saturated carbocycles. The van der Waals surface area contributed by atoms with Gasteiger partial charge in [-0.1, -0.05) is 0 Å². The summed E-state index contributed by atoms with van der Waals surface area (Å²) in [5.74, 6) is -0.710. The maximum Gasteiger partial charge on any atom is 0.218 e. The van der Waals surface area contributed by atoms with Crippen LogP contribution >= 0.6 is 22.6 Å². The third kappa shape index (κ3) is 1.29. The molecule has 0 fully saturated rings. The lowest BCUT2D eigenvalue weighted by molar-refractivity contribution is 0.601. The molecule has 0 amide bonds. The van der Waals surface area contributed by atoms with E-state index in [4.69, 9.17) is 0 Å². The number of pyridine rings is 1. The van der Waals surface area contributed by atoms with E-state index in [0.717, 1.165) is 6.07 Å². The Morgan fingerprint density at radius 1 is 1.67 bits per heavy atom. The van der Waals surface area contributed by atoms with Gasteiger partial charge in [0, 0.05) is 12.3 Å². The lowest BCUT2D eigenvalue weighted by atomic mass is 10.5. The fourth-order valence-corrected chi connectivity index (χ4v) is 0.881. The van der Waals surface area contributed by atoms with Crippen LogP contribution in [0.5, 0.6) is 0 Å². The van der Waals surface area contributed by atoms with E-state index in [1.165, 1.54) is 6.20 Å². The number of aromatic nitrogens is 1. The van der Waals surface area contributed by atoms with Crippen molar-refractivity contribution in [3.05, 3.63) is 32.0 Å². The van der Waals surface area contributed by atoms with Crippen molar-refractivity contribution < 1.29 is 4.39 Å². The average Bonchev–Trinajstić information content (AvgIpc) is 1.83. The maximum absolute atomic E-state index is 12.4. The highest BCUT2D eigenvalue weighted by Crippen LogP contribution is 1.99. The van der Waals surface area contributed by atoms with Gasteiger partial charge in [0.2, 0.25) is 5.43 Å². The van der Waals surface area contributed by atoms with Crippen LogP contribution in [0.25, 0.3) is 0 Å². The zero-order chi connectivity index (χ0) is 6.85. The van der Waals surface area contributed by atoms with Crippen molar-refractivity contribution in [3.63, 3.8) is 0 Å². The van der Waals surface area contributed by atoms with Gasteiger partial charge in [-0.3, -0.25) is 4.79 Å². The molecular weight excluding hydrogens is 236 g/mol. The summed E-state index contributed by atoms with van der Waals surface area (Å²) in [6.45, 7) is 0. The van der Waals surface area contributed by atoms with Crippen molar-refractivity contribution in [1.29, 1.82) is 0 Å². The van der Waals surface area contributed by atoms with Crippen LogP contribution in [0.1, 0.15) is 0 Å². The molecule has 1 aromatic rings. The van der Waals surface area contributed by atoms with Crippen LogP contribution in [0.2, 0.25) is 0 Å². The summed E-state index contributed by atoms with van der Waals surface area (Å²) in [7, 11) is 0. The fraction of sp³-hybridized carbons (Fsp3) is 0. The van der Waals surface area contributed by atoms with Gasteiger partial charge in [-0.15, -0.1) is 0 Å². The van der Waals surface area contributed by atoms with Crippen molar-refractivity contribution in [2.24, 2.45) is 0 Å². The summed E-state index contributed by atoms with van der Waals surface area (Å²) < 4.78 is 12.6. The second-order valence-corrected chi connectivity index (χ2v) is 2.55. The molecule has 1 N–H and O–H groups in total. The third-order valence-corrected chi connectivity index (χ3v) is 1.64. The van der Waals surface area contributed by atoms with Crippen LogP contribution in [-0.2, 0) is 0 Å². The Labute approximate surface area is 64.2 Å². The van der Waals surface area contributed by atoms with Gasteiger partial charge in [-0.05, 0) is 22.6 Å². The van der Waals surface area contributed by atoms with Gasteiger partial charge in [0.1, 0.15) is 3.70 Å². The van der Waals surface area contributed by atoms with Crippen LogP contribution in [-0.4, -0.2) is 4.98 Å². The number of hydrogen-bond acceptors (Lipinski definition) is 1. The molecular formula is C5H3FINO. The molecule has 0 aliphatic heterocycles. The summed E-state index contributed by atoms with van der Waals surface area (Å²) >= 11 is 1.72. The number of rotatable bonds is 0. The standard InChI is InChI=1S/C5H3FINO/c6-4-3(9)1-2-8-5(4)7/h1-2H,(H,8,9). The van der Waals surface area contributed by atoms with Crippen LogP contribution in [0.15, 0.2) is 17.1 Å². The van der Waals surface area contributed by atoms with E-state index in [1.807, 2.05) is 0 Å². The first kappa shape index (κ1) is 6.73.